The van der Waals surface area contributed by atoms with Crippen LogP contribution in [0, 0.1) is 0 Å². The minimum atomic E-state index is -2.82. The maximum absolute atomic E-state index is 12.1. The molecule has 0 spiro atoms. The van der Waals surface area contributed by atoms with Crippen molar-refractivity contribution in [1.29, 1.82) is 0 Å². The number of nitrogens with one attached hydrogen (secondary N) is 1. The summed E-state index contributed by atoms with van der Waals surface area (Å²) in [5.41, 5.74) is 0. The molecule has 2 fully saturated rings. The summed E-state index contributed by atoms with van der Waals surface area (Å²) < 4.78 is 24.3. The molecule has 1 unspecified atom stereocenters. The van der Waals surface area contributed by atoms with Gasteiger partial charge in [0.2, 0.25) is 0 Å². The molecule has 1 heterocycles. The van der Waals surface area contributed by atoms with E-state index in [0.29, 0.717) is 6.54 Å². The van der Waals surface area contributed by atoms with Gasteiger partial charge in [0, 0.05) is 6.54 Å². The van der Waals surface area contributed by atoms with Crippen LogP contribution in [0.4, 0.5) is 0 Å². The first-order chi connectivity index (χ1) is 6.71. The predicted octanol–water partition coefficient (Wildman–Crippen LogP) is 1.10. The predicted molar refractivity (Wildman–Crippen MR) is 57.1 cm³/mol. The highest BCUT2D eigenvalue weighted by molar-refractivity contribution is 7.92. The molecule has 1 saturated heterocycles. The Hall–Kier alpha value is -0.0900. The molecule has 1 saturated carbocycles. The summed E-state index contributed by atoms with van der Waals surface area (Å²) in [6.45, 7) is 1.66. The van der Waals surface area contributed by atoms with Crippen molar-refractivity contribution in [1.82, 2.24) is 5.32 Å². The van der Waals surface area contributed by atoms with Crippen LogP contribution in [0.1, 0.15) is 38.5 Å². The summed E-state index contributed by atoms with van der Waals surface area (Å²) >= 11 is 0. The molecular weight excluding hydrogens is 198 g/mol. The quantitative estimate of drug-likeness (QED) is 0.753. The van der Waals surface area contributed by atoms with Crippen molar-refractivity contribution >= 4 is 9.84 Å². The van der Waals surface area contributed by atoms with E-state index in [1.54, 1.807) is 0 Å². The van der Waals surface area contributed by atoms with E-state index in [1.807, 2.05) is 0 Å². The Morgan fingerprint density at radius 3 is 2.14 bits per heavy atom. The van der Waals surface area contributed by atoms with Gasteiger partial charge in [0.25, 0.3) is 0 Å². The van der Waals surface area contributed by atoms with Gasteiger partial charge in [-0.2, -0.15) is 0 Å². The third kappa shape index (κ3) is 1.96. The second-order valence-corrected chi connectivity index (χ2v) is 6.98. The van der Waals surface area contributed by atoms with E-state index in [0.717, 1.165) is 45.1 Å². The average Bonchev–Trinajstić information content (AvgIpc) is 2.72. The fourth-order valence-electron chi connectivity index (χ4n) is 2.59. The maximum atomic E-state index is 12.1. The van der Waals surface area contributed by atoms with Crippen LogP contribution >= 0.6 is 0 Å². The third-order valence-electron chi connectivity index (χ3n) is 3.48. The minimum absolute atomic E-state index is 0.0209. The van der Waals surface area contributed by atoms with Crippen LogP contribution < -0.4 is 5.32 Å². The van der Waals surface area contributed by atoms with Gasteiger partial charge in [-0.05, 0) is 32.2 Å². The highest BCUT2D eigenvalue weighted by Gasteiger charge is 2.35. The number of hydrogen-bond acceptors (Lipinski definition) is 3. The smallest absolute Gasteiger partial charge is 0.157 e. The molecule has 0 aromatic heterocycles. The number of hydrogen-bond donors (Lipinski definition) is 1. The van der Waals surface area contributed by atoms with E-state index in [9.17, 15) is 8.42 Å². The number of sulfone groups is 1. The van der Waals surface area contributed by atoms with Crippen molar-refractivity contribution < 1.29 is 8.42 Å². The maximum Gasteiger partial charge on any atom is 0.157 e. The van der Waals surface area contributed by atoms with Crippen LogP contribution in [-0.4, -0.2) is 32.0 Å². The van der Waals surface area contributed by atoms with Crippen LogP contribution in [0.3, 0.4) is 0 Å². The zero-order chi connectivity index (χ0) is 10.0. The highest BCUT2D eigenvalue weighted by atomic mass is 32.2. The van der Waals surface area contributed by atoms with Gasteiger partial charge in [-0.1, -0.05) is 12.8 Å². The van der Waals surface area contributed by atoms with Crippen LogP contribution in [0.15, 0.2) is 0 Å². The summed E-state index contributed by atoms with van der Waals surface area (Å²) in [6.07, 6.45) is 5.88. The van der Waals surface area contributed by atoms with E-state index in [4.69, 9.17) is 0 Å². The molecule has 1 atom stereocenters. The summed E-state index contributed by atoms with van der Waals surface area (Å²) in [5.74, 6) is 0. The zero-order valence-electron chi connectivity index (χ0n) is 8.54. The molecule has 1 N–H and O–H groups in total. The first kappa shape index (κ1) is 10.4. The molecule has 0 amide bonds. The van der Waals surface area contributed by atoms with Gasteiger partial charge in [-0.15, -0.1) is 0 Å². The first-order valence-corrected chi connectivity index (χ1v) is 7.25. The van der Waals surface area contributed by atoms with Crippen LogP contribution in [-0.2, 0) is 9.84 Å². The highest BCUT2D eigenvalue weighted by Crippen LogP contribution is 2.29. The van der Waals surface area contributed by atoms with Crippen molar-refractivity contribution in [2.24, 2.45) is 0 Å². The second-order valence-electron chi connectivity index (χ2n) is 4.46. The van der Waals surface area contributed by atoms with E-state index in [1.165, 1.54) is 0 Å². The topological polar surface area (TPSA) is 46.2 Å². The molecule has 1 aliphatic carbocycles. The molecule has 82 valence electrons. The van der Waals surface area contributed by atoms with Gasteiger partial charge in [0.05, 0.1) is 10.5 Å². The summed E-state index contributed by atoms with van der Waals surface area (Å²) in [6, 6.07) is 0. The second kappa shape index (κ2) is 4.19. The van der Waals surface area contributed by atoms with Crippen molar-refractivity contribution in [3.8, 4) is 0 Å². The van der Waals surface area contributed by atoms with Gasteiger partial charge >= 0.3 is 0 Å². The number of piperidine rings is 1. The Morgan fingerprint density at radius 1 is 0.929 bits per heavy atom. The number of rotatable bonds is 2. The molecule has 0 aromatic carbocycles. The zero-order valence-corrected chi connectivity index (χ0v) is 9.35. The largest absolute Gasteiger partial charge is 0.315 e. The first-order valence-electron chi connectivity index (χ1n) is 5.64. The molecule has 1 aliphatic heterocycles. The lowest BCUT2D eigenvalue weighted by Crippen LogP contribution is -2.42. The van der Waals surface area contributed by atoms with Gasteiger partial charge in [0.1, 0.15) is 0 Å². The van der Waals surface area contributed by atoms with E-state index in [2.05, 4.69) is 5.32 Å². The van der Waals surface area contributed by atoms with Crippen LogP contribution in [0.5, 0.6) is 0 Å². The fraction of sp³-hybridized carbons (Fsp3) is 1.00. The van der Waals surface area contributed by atoms with Gasteiger partial charge in [0.15, 0.2) is 9.84 Å². The summed E-state index contributed by atoms with van der Waals surface area (Å²) in [5, 5.41) is 3.07. The lowest BCUT2D eigenvalue weighted by molar-refractivity contribution is 0.490. The summed E-state index contributed by atoms with van der Waals surface area (Å²) in [7, 11) is -2.82. The molecular formula is C10H19NO2S. The molecule has 4 heteroatoms. The normalized spacial score (nSPS) is 30.7. The fourth-order valence-corrected chi connectivity index (χ4v) is 4.97. The molecule has 14 heavy (non-hydrogen) atoms. The van der Waals surface area contributed by atoms with Crippen molar-refractivity contribution in [2.75, 3.05) is 13.1 Å². The lowest BCUT2D eigenvalue weighted by atomic mass is 10.2. The lowest BCUT2D eigenvalue weighted by Gasteiger charge is -2.25. The Balaban J connectivity index is 2.05. The van der Waals surface area contributed by atoms with Crippen LogP contribution in [0.2, 0.25) is 0 Å². The van der Waals surface area contributed by atoms with E-state index >= 15 is 0 Å². The molecule has 3 nitrogen and oxygen atoms in total. The molecule has 0 bridgehead atoms. The third-order valence-corrected chi connectivity index (χ3v) is 6.22. The van der Waals surface area contributed by atoms with Crippen LogP contribution in [0.25, 0.3) is 0 Å². The van der Waals surface area contributed by atoms with Gasteiger partial charge < -0.3 is 5.32 Å². The van der Waals surface area contributed by atoms with Gasteiger partial charge in [-0.25, -0.2) is 8.42 Å². The van der Waals surface area contributed by atoms with Crippen molar-refractivity contribution in [3.05, 3.63) is 0 Å². The molecule has 2 aliphatic rings. The van der Waals surface area contributed by atoms with E-state index < -0.39 is 9.84 Å². The summed E-state index contributed by atoms with van der Waals surface area (Å²) in [4.78, 5) is 0. The average molecular weight is 217 g/mol. The van der Waals surface area contributed by atoms with Crippen molar-refractivity contribution in [3.63, 3.8) is 0 Å². The standard InChI is InChI=1S/C10H19NO2S/c12-14(13,9-4-1-2-5-9)10-6-3-7-11-8-10/h9-11H,1-8H2. The Morgan fingerprint density at radius 2 is 1.57 bits per heavy atom. The SMILES string of the molecule is O=S(=O)(C1CCCC1)C1CCCNC1. The monoisotopic (exact) mass is 217 g/mol. The van der Waals surface area contributed by atoms with Gasteiger partial charge in [-0.3, -0.25) is 0 Å². The molecule has 0 aromatic rings. The minimum Gasteiger partial charge on any atom is -0.315 e. The van der Waals surface area contributed by atoms with Crippen molar-refractivity contribution in [2.45, 2.75) is 49.0 Å². The molecule has 0 radical (unpaired) electrons. The Bertz CT molecular complexity index is 274. The Kier molecular flexibility index (Phi) is 3.12. The Labute approximate surface area is 86.2 Å². The van der Waals surface area contributed by atoms with E-state index in [-0.39, 0.29) is 10.5 Å². The molecule has 2 rings (SSSR count).